The van der Waals surface area contributed by atoms with Crippen LogP contribution in [0.15, 0.2) is 30.6 Å². The van der Waals surface area contributed by atoms with Gasteiger partial charge in [0.1, 0.15) is 0 Å². The SMILES string of the molecule is Cn1ncc2c1CN(C(=O)Cc1ccccn1)CC2COCC1CC1.O=C(O)C(F)(F)F.O=C(O)C(F)(F)F. The lowest BCUT2D eigenvalue weighted by Gasteiger charge is -2.33. The van der Waals surface area contributed by atoms with Crippen LogP contribution in [0.3, 0.4) is 0 Å². The molecule has 0 saturated heterocycles. The van der Waals surface area contributed by atoms with Crippen molar-refractivity contribution in [1.82, 2.24) is 19.7 Å². The predicted molar refractivity (Wildman–Crippen MR) is 120 cm³/mol. The number of nitrogens with zero attached hydrogens (tertiary/aromatic N) is 4. The van der Waals surface area contributed by atoms with Crippen LogP contribution < -0.4 is 0 Å². The second-order valence-corrected chi connectivity index (χ2v) is 8.73. The zero-order valence-electron chi connectivity index (χ0n) is 20.6. The van der Waals surface area contributed by atoms with Gasteiger partial charge in [0.05, 0.1) is 31.5 Å². The van der Waals surface area contributed by atoms with Crippen molar-refractivity contribution in [3.05, 3.63) is 47.5 Å². The number of rotatable bonds is 6. The lowest BCUT2D eigenvalue weighted by atomic mass is 9.95. The highest BCUT2D eigenvalue weighted by molar-refractivity contribution is 5.78. The number of aryl methyl sites for hydroxylation is 1. The summed E-state index contributed by atoms with van der Waals surface area (Å²) in [6.07, 6.45) is -3.59. The summed E-state index contributed by atoms with van der Waals surface area (Å²) in [5, 5.41) is 18.6. The third-order valence-electron chi connectivity index (χ3n) is 5.58. The molecule has 3 heterocycles. The Morgan fingerprint density at radius 2 is 1.62 bits per heavy atom. The molecular formula is C23H26F6N4O6. The molecule has 2 aliphatic rings. The number of aromatic nitrogens is 3. The van der Waals surface area contributed by atoms with E-state index in [1.54, 1.807) is 6.20 Å². The first-order valence-electron chi connectivity index (χ1n) is 11.5. The van der Waals surface area contributed by atoms with Crippen molar-refractivity contribution >= 4 is 17.8 Å². The summed E-state index contributed by atoms with van der Waals surface area (Å²) in [6.45, 7) is 2.79. The number of fused-ring (bicyclic) bond motifs is 1. The molecule has 0 aromatic carbocycles. The van der Waals surface area contributed by atoms with E-state index in [9.17, 15) is 31.1 Å². The third kappa shape index (κ3) is 10.5. The lowest BCUT2D eigenvalue weighted by Crippen LogP contribution is -2.40. The lowest BCUT2D eigenvalue weighted by molar-refractivity contribution is -0.193. The molecule has 0 bridgehead atoms. The van der Waals surface area contributed by atoms with Crippen LogP contribution in [-0.2, 0) is 39.1 Å². The minimum atomic E-state index is -5.08. The van der Waals surface area contributed by atoms with Crippen molar-refractivity contribution in [2.75, 3.05) is 19.8 Å². The van der Waals surface area contributed by atoms with Crippen LogP contribution in [-0.4, -0.2) is 79.8 Å². The third-order valence-corrected chi connectivity index (χ3v) is 5.58. The highest BCUT2D eigenvalue weighted by atomic mass is 19.4. The fourth-order valence-corrected chi connectivity index (χ4v) is 3.39. The normalized spacial score (nSPS) is 16.7. The maximum Gasteiger partial charge on any atom is 0.490 e. The molecule has 1 saturated carbocycles. The van der Waals surface area contributed by atoms with Gasteiger partial charge in [-0.25, -0.2) is 9.59 Å². The van der Waals surface area contributed by atoms with Gasteiger partial charge in [0.15, 0.2) is 0 Å². The summed E-state index contributed by atoms with van der Waals surface area (Å²) in [6, 6.07) is 5.68. The number of carbonyl (C=O) groups is 3. The molecule has 1 unspecified atom stereocenters. The number of halogens is 6. The Labute approximate surface area is 218 Å². The Bertz CT molecular complexity index is 1090. The molecule has 4 rings (SSSR count). The number of aliphatic carboxylic acids is 2. The number of carboxylic acids is 2. The van der Waals surface area contributed by atoms with Crippen LogP contribution in [0.1, 0.15) is 35.7 Å². The number of pyridine rings is 1. The van der Waals surface area contributed by atoms with Crippen LogP contribution in [0.2, 0.25) is 0 Å². The van der Waals surface area contributed by atoms with E-state index in [-0.39, 0.29) is 11.8 Å². The van der Waals surface area contributed by atoms with Gasteiger partial charge in [0, 0.05) is 43.6 Å². The van der Waals surface area contributed by atoms with Gasteiger partial charge in [-0.1, -0.05) is 6.07 Å². The van der Waals surface area contributed by atoms with Gasteiger partial charge < -0.3 is 19.8 Å². The Hall–Kier alpha value is -3.69. The van der Waals surface area contributed by atoms with E-state index in [2.05, 4.69) is 10.1 Å². The summed E-state index contributed by atoms with van der Waals surface area (Å²) in [7, 11) is 1.94. The molecule has 2 aromatic rings. The molecule has 1 fully saturated rings. The first-order valence-corrected chi connectivity index (χ1v) is 11.5. The van der Waals surface area contributed by atoms with E-state index in [1.165, 1.54) is 18.4 Å². The quantitative estimate of drug-likeness (QED) is 0.508. The van der Waals surface area contributed by atoms with Gasteiger partial charge in [-0.05, 0) is 30.9 Å². The average Bonchev–Trinajstić information content (AvgIpc) is 3.60. The van der Waals surface area contributed by atoms with E-state index in [1.807, 2.05) is 41.0 Å². The molecular weight excluding hydrogens is 542 g/mol. The number of carbonyl (C=O) groups excluding carboxylic acids is 1. The van der Waals surface area contributed by atoms with E-state index in [0.717, 1.165) is 23.9 Å². The summed E-state index contributed by atoms with van der Waals surface area (Å²) in [4.78, 5) is 36.7. The minimum Gasteiger partial charge on any atom is -0.475 e. The molecule has 2 N–H and O–H groups in total. The van der Waals surface area contributed by atoms with Crippen LogP contribution in [0.5, 0.6) is 0 Å². The van der Waals surface area contributed by atoms with Crippen LogP contribution in [0, 0.1) is 5.92 Å². The summed E-state index contributed by atoms with van der Waals surface area (Å²) >= 11 is 0. The molecule has 1 amide bonds. The van der Waals surface area contributed by atoms with Crippen molar-refractivity contribution < 1.29 is 55.7 Å². The highest BCUT2D eigenvalue weighted by Crippen LogP contribution is 2.31. The summed E-state index contributed by atoms with van der Waals surface area (Å²) in [5.74, 6) is -4.46. The van der Waals surface area contributed by atoms with Gasteiger partial charge in [0.2, 0.25) is 5.91 Å². The maximum absolute atomic E-state index is 12.8. The van der Waals surface area contributed by atoms with Crippen molar-refractivity contribution in [3.63, 3.8) is 0 Å². The van der Waals surface area contributed by atoms with Crippen molar-refractivity contribution in [2.45, 2.75) is 44.1 Å². The van der Waals surface area contributed by atoms with Crippen LogP contribution >= 0.6 is 0 Å². The second-order valence-electron chi connectivity index (χ2n) is 8.73. The standard InChI is InChI=1S/C19H24N4O2.2C2HF3O2/c1-22-18-11-23(19(24)8-16-4-2-3-7-20-16)10-15(17(18)9-21-22)13-25-12-14-5-6-14;2*3-2(4,5)1(6)7/h2-4,7,9,14-15H,5-6,8,10-13H2,1H3;2*(H,6,7). The maximum atomic E-state index is 12.8. The largest absolute Gasteiger partial charge is 0.490 e. The van der Waals surface area contributed by atoms with E-state index in [0.29, 0.717) is 26.1 Å². The Morgan fingerprint density at radius 1 is 1.03 bits per heavy atom. The van der Waals surface area contributed by atoms with Crippen LogP contribution in [0.25, 0.3) is 0 Å². The molecule has 1 aliphatic carbocycles. The van der Waals surface area contributed by atoms with Crippen molar-refractivity contribution in [1.29, 1.82) is 0 Å². The summed E-state index contributed by atoms with van der Waals surface area (Å²) < 4.78 is 71.3. The molecule has 1 aliphatic heterocycles. The van der Waals surface area contributed by atoms with Gasteiger partial charge in [-0.15, -0.1) is 0 Å². The molecule has 1 atom stereocenters. The molecule has 16 heteroatoms. The number of alkyl halides is 6. The predicted octanol–water partition coefficient (Wildman–Crippen LogP) is 3.18. The number of amides is 1. The summed E-state index contributed by atoms with van der Waals surface area (Å²) in [5.41, 5.74) is 3.14. The highest BCUT2D eigenvalue weighted by Gasteiger charge is 2.39. The Morgan fingerprint density at radius 3 is 2.10 bits per heavy atom. The van der Waals surface area contributed by atoms with Crippen molar-refractivity contribution in [3.8, 4) is 0 Å². The minimum absolute atomic E-state index is 0.109. The molecule has 10 nitrogen and oxygen atoms in total. The number of hydrogen-bond acceptors (Lipinski definition) is 6. The van der Waals surface area contributed by atoms with E-state index >= 15 is 0 Å². The smallest absolute Gasteiger partial charge is 0.475 e. The zero-order valence-corrected chi connectivity index (χ0v) is 20.6. The fourth-order valence-electron chi connectivity index (χ4n) is 3.39. The number of hydrogen-bond donors (Lipinski definition) is 2. The van der Waals surface area contributed by atoms with Gasteiger partial charge >= 0.3 is 24.3 Å². The van der Waals surface area contributed by atoms with Gasteiger partial charge in [-0.3, -0.25) is 14.5 Å². The van der Waals surface area contributed by atoms with E-state index < -0.39 is 24.3 Å². The van der Waals surface area contributed by atoms with Crippen LogP contribution in [0.4, 0.5) is 26.3 Å². The Kier molecular flexibility index (Phi) is 10.8. The molecule has 216 valence electrons. The molecule has 0 radical (unpaired) electrons. The topological polar surface area (TPSA) is 135 Å². The second kappa shape index (κ2) is 13.4. The van der Waals surface area contributed by atoms with E-state index in [4.69, 9.17) is 24.5 Å². The monoisotopic (exact) mass is 568 g/mol. The van der Waals surface area contributed by atoms with Gasteiger partial charge in [-0.2, -0.15) is 31.4 Å². The fraction of sp³-hybridized carbons (Fsp3) is 0.522. The van der Waals surface area contributed by atoms with Crippen molar-refractivity contribution in [2.24, 2.45) is 13.0 Å². The first kappa shape index (κ1) is 31.5. The van der Waals surface area contributed by atoms with Gasteiger partial charge in [0.25, 0.3) is 0 Å². The zero-order chi connectivity index (χ0) is 29.4. The molecule has 2 aromatic heterocycles. The molecule has 0 spiro atoms. The number of ether oxygens (including phenoxy) is 1. The number of carboxylic acid groups (broad SMARTS) is 2. The molecule has 39 heavy (non-hydrogen) atoms. The Balaban J connectivity index is 0.000000317. The average molecular weight is 568 g/mol. The first-order chi connectivity index (χ1) is 18.1.